The number of morpholine rings is 1. The van der Waals surface area contributed by atoms with Crippen LogP contribution in [0.5, 0.6) is 0 Å². The van der Waals surface area contributed by atoms with Gasteiger partial charge >= 0.3 is 17.9 Å². The molecule has 0 spiro atoms. The third-order valence-corrected chi connectivity index (χ3v) is 6.16. The molecule has 10 nitrogen and oxygen atoms in total. The van der Waals surface area contributed by atoms with Gasteiger partial charge in [-0.15, -0.1) is 11.3 Å². The van der Waals surface area contributed by atoms with Crippen LogP contribution in [0.2, 0.25) is 5.02 Å². The van der Waals surface area contributed by atoms with E-state index in [0.717, 1.165) is 29.1 Å². The standard InChI is InChI=1S/C21H25ClN2O4S.C2H2O4/c1-3-28-21(26)19-18(15-4-6-16(22)7-5-15)14(2)29-20(19)23-17(25)8-9-24-10-12-27-13-11-24;3-1(4)2(5)6/h4-7H,3,8-13H2,1-2H3,(H,23,25);(H,3,4)(H,5,6). The minimum Gasteiger partial charge on any atom is -0.473 e. The predicted molar refractivity (Wildman–Crippen MR) is 131 cm³/mol. The first-order chi connectivity index (χ1) is 16.6. The Kier molecular flexibility index (Phi) is 11.1. The Labute approximate surface area is 211 Å². The van der Waals surface area contributed by atoms with Gasteiger partial charge in [0.1, 0.15) is 10.6 Å². The molecule has 0 bridgehead atoms. The zero-order chi connectivity index (χ0) is 26.0. The number of amides is 1. The number of benzene rings is 1. The van der Waals surface area contributed by atoms with Crippen molar-refractivity contribution in [3.8, 4) is 11.1 Å². The lowest BCUT2D eigenvalue weighted by atomic mass is 10.0. The first kappa shape index (κ1) is 28.2. The van der Waals surface area contributed by atoms with Crippen molar-refractivity contribution < 1.29 is 38.9 Å². The summed E-state index contributed by atoms with van der Waals surface area (Å²) in [7, 11) is 0. The summed E-state index contributed by atoms with van der Waals surface area (Å²) in [6.07, 6.45) is 0.357. The van der Waals surface area contributed by atoms with Crippen molar-refractivity contribution in [1.82, 2.24) is 4.90 Å². The number of aryl methyl sites for hydroxylation is 1. The van der Waals surface area contributed by atoms with Gasteiger partial charge in [0.2, 0.25) is 5.91 Å². The molecule has 1 saturated heterocycles. The van der Waals surface area contributed by atoms with Crippen LogP contribution in [0.1, 0.15) is 28.6 Å². The second-order valence-corrected chi connectivity index (χ2v) is 8.99. The number of nitrogens with one attached hydrogen (secondary N) is 1. The molecule has 3 rings (SSSR count). The van der Waals surface area contributed by atoms with Crippen molar-refractivity contribution in [3.63, 3.8) is 0 Å². The fourth-order valence-corrected chi connectivity index (χ4v) is 4.47. The lowest BCUT2D eigenvalue weighted by Gasteiger charge is -2.26. The summed E-state index contributed by atoms with van der Waals surface area (Å²) in [5.41, 5.74) is 2.03. The van der Waals surface area contributed by atoms with Crippen molar-refractivity contribution in [1.29, 1.82) is 0 Å². The van der Waals surface area contributed by atoms with Gasteiger partial charge < -0.3 is 25.0 Å². The second kappa shape index (κ2) is 13.8. The summed E-state index contributed by atoms with van der Waals surface area (Å²) in [5, 5.41) is 18.9. The van der Waals surface area contributed by atoms with E-state index in [2.05, 4.69) is 10.2 Å². The highest BCUT2D eigenvalue weighted by Gasteiger charge is 2.25. The highest BCUT2D eigenvalue weighted by atomic mass is 35.5. The fraction of sp³-hybridized carbons (Fsp3) is 0.391. The van der Waals surface area contributed by atoms with E-state index in [1.165, 1.54) is 11.3 Å². The molecule has 0 saturated carbocycles. The van der Waals surface area contributed by atoms with Crippen LogP contribution in [0, 0.1) is 6.92 Å². The molecule has 190 valence electrons. The van der Waals surface area contributed by atoms with Crippen LogP contribution in [0.4, 0.5) is 5.00 Å². The van der Waals surface area contributed by atoms with Gasteiger partial charge in [-0.1, -0.05) is 23.7 Å². The van der Waals surface area contributed by atoms with Gasteiger partial charge in [-0.25, -0.2) is 14.4 Å². The maximum Gasteiger partial charge on any atom is 0.414 e. The Morgan fingerprint density at radius 2 is 1.71 bits per heavy atom. The monoisotopic (exact) mass is 526 g/mol. The summed E-state index contributed by atoms with van der Waals surface area (Å²) in [6.45, 7) is 7.68. The van der Waals surface area contributed by atoms with Crippen LogP contribution < -0.4 is 5.32 Å². The van der Waals surface area contributed by atoms with E-state index in [9.17, 15) is 9.59 Å². The van der Waals surface area contributed by atoms with E-state index in [4.69, 9.17) is 40.9 Å². The molecule has 1 aliphatic rings. The first-order valence-corrected chi connectivity index (χ1v) is 12.0. The Morgan fingerprint density at radius 3 is 2.26 bits per heavy atom. The van der Waals surface area contributed by atoms with E-state index < -0.39 is 17.9 Å². The predicted octanol–water partition coefficient (Wildman–Crippen LogP) is 3.37. The van der Waals surface area contributed by atoms with Crippen LogP contribution in [0.25, 0.3) is 11.1 Å². The maximum atomic E-state index is 12.7. The molecule has 0 atom stereocenters. The minimum atomic E-state index is -1.82. The van der Waals surface area contributed by atoms with E-state index in [0.29, 0.717) is 41.8 Å². The summed E-state index contributed by atoms with van der Waals surface area (Å²) >= 11 is 7.39. The van der Waals surface area contributed by atoms with Gasteiger partial charge in [0.05, 0.1) is 19.8 Å². The number of thiophene rings is 1. The molecular weight excluding hydrogens is 500 g/mol. The number of carbonyl (C=O) groups excluding carboxylic acids is 2. The Hall–Kier alpha value is -2.99. The number of hydrogen-bond acceptors (Lipinski definition) is 8. The molecule has 35 heavy (non-hydrogen) atoms. The van der Waals surface area contributed by atoms with Crippen molar-refractivity contribution in [2.75, 3.05) is 44.8 Å². The normalized spacial score (nSPS) is 13.3. The molecule has 12 heteroatoms. The third kappa shape index (κ3) is 8.62. The summed E-state index contributed by atoms with van der Waals surface area (Å²) in [4.78, 5) is 46.6. The number of esters is 1. The lowest BCUT2D eigenvalue weighted by molar-refractivity contribution is -0.159. The quantitative estimate of drug-likeness (QED) is 0.365. The maximum absolute atomic E-state index is 12.7. The smallest absolute Gasteiger partial charge is 0.414 e. The molecule has 0 radical (unpaired) electrons. The molecular formula is C23H27ClN2O8S. The molecule has 1 aromatic heterocycles. The molecule has 1 aliphatic heterocycles. The summed E-state index contributed by atoms with van der Waals surface area (Å²) in [5.74, 6) is -4.21. The van der Waals surface area contributed by atoms with Crippen LogP contribution in [-0.4, -0.2) is 78.4 Å². The van der Waals surface area contributed by atoms with Crippen LogP contribution in [0.15, 0.2) is 24.3 Å². The van der Waals surface area contributed by atoms with E-state index in [1.807, 2.05) is 19.1 Å². The van der Waals surface area contributed by atoms with E-state index in [-0.39, 0.29) is 12.5 Å². The van der Waals surface area contributed by atoms with Crippen molar-refractivity contribution >= 4 is 51.8 Å². The van der Waals surface area contributed by atoms with E-state index in [1.54, 1.807) is 19.1 Å². The van der Waals surface area contributed by atoms with Crippen molar-refractivity contribution in [2.45, 2.75) is 20.3 Å². The van der Waals surface area contributed by atoms with Gasteiger partial charge in [-0.2, -0.15) is 0 Å². The SMILES string of the molecule is CCOC(=O)c1c(NC(=O)CCN2CCOCC2)sc(C)c1-c1ccc(Cl)cc1.O=C(O)C(=O)O. The van der Waals surface area contributed by atoms with E-state index >= 15 is 0 Å². The largest absolute Gasteiger partial charge is 0.473 e. The van der Waals surface area contributed by atoms with Crippen LogP contribution in [-0.2, 0) is 23.9 Å². The number of ether oxygens (including phenoxy) is 2. The van der Waals surface area contributed by atoms with Gasteiger partial charge in [0.25, 0.3) is 0 Å². The summed E-state index contributed by atoms with van der Waals surface area (Å²) < 4.78 is 10.6. The average molecular weight is 527 g/mol. The molecule has 1 fully saturated rings. The number of hydrogen-bond donors (Lipinski definition) is 3. The first-order valence-electron chi connectivity index (χ1n) is 10.8. The summed E-state index contributed by atoms with van der Waals surface area (Å²) in [6, 6.07) is 7.29. The number of anilines is 1. The number of carboxylic acid groups (broad SMARTS) is 2. The zero-order valence-corrected chi connectivity index (χ0v) is 20.9. The zero-order valence-electron chi connectivity index (χ0n) is 19.3. The third-order valence-electron chi connectivity index (χ3n) is 4.89. The number of carbonyl (C=O) groups is 4. The molecule has 0 unspecified atom stereocenters. The number of halogens is 1. The molecule has 1 amide bonds. The molecule has 2 aromatic rings. The highest BCUT2D eigenvalue weighted by molar-refractivity contribution is 7.17. The number of rotatable bonds is 7. The lowest BCUT2D eigenvalue weighted by Crippen LogP contribution is -2.38. The van der Waals surface area contributed by atoms with Crippen molar-refractivity contribution in [3.05, 3.63) is 39.7 Å². The number of nitrogens with zero attached hydrogens (tertiary/aromatic N) is 1. The Bertz CT molecular complexity index is 1040. The van der Waals surface area contributed by atoms with Crippen LogP contribution in [0.3, 0.4) is 0 Å². The minimum absolute atomic E-state index is 0.119. The number of aliphatic carboxylic acids is 2. The van der Waals surface area contributed by atoms with Gasteiger partial charge in [-0.3, -0.25) is 9.69 Å². The molecule has 1 aromatic carbocycles. The fourth-order valence-electron chi connectivity index (χ4n) is 3.27. The Balaban J connectivity index is 0.000000641. The topological polar surface area (TPSA) is 142 Å². The van der Waals surface area contributed by atoms with Gasteiger partial charge in [0.15, 0.2) is 0 Å². The van der Waals surface area contributed by atoms with Crippen molar-refractivity contribution in [2.24, 2.45) is 0 Å². The highest BCUT2D eigenvalue weighted by Crippen LogP contribution is 2.40. The van der Waals surface area contributed by atoms with Crippen LogP contribution >= 0.6 is 22.9 Å². The molecule has 2 heterocycles. The molecule has 3 N–H and O–H groups in total. The van der Waals surface area contributed by atoms with Gasteiger partial charge in [-0.05, 0) is 31.5 Å². The van der Waals surface area contributed by atoms with Gasteiger partial charge in [0, 0.05) is 41.5 Å². The molecule has 0 aliphatic carbocycles. The second-order valence-electron chi connectivity index (χ2n) is 7.33. The number of carboxylic acids is 2. The Morgan fingerprint density at radius 1 is 1.11 bits per heavy atom. The average Bonchev–Trinajstić information content (AvgIpc) is 3.15.